The molecule has 0 saturated heterocycles. The van der Waals surface area contributed by atoms with Crippen LogP contribution in [0.2, 0.25) is 0 Å². The van der Waals surface area contributed by atoms with Crippen LogP contribution in [-0.2, 0) is 0 Å². The Hall–Kier alpha value is -6.59. The number of anilines is 1. The number of pyridine rings is 1. The largest absolute Gasteiger partial charge is 0.308 e. The summed E-state index contributed by atoms with van der Waals surface area (Å²) in [4.78, 5) is 35.2. The molecule has 48 heavy (non-hydrogen) atoms. The lowest BCUT2D eigenvalue weighted by Gasteiger charge is -2.23. The molecular formula is C43H27N3O2. The minimum atomic E-state index is -0.349. The summed E-state index contributed by atoms with van der Waals surface area (Å²) in [5.41, 5.74) is 9.42. The third-order valence-corrected chi connectivity index (χ3v) is 9.25. The molecule has 0 atom stereocenters. The minimum Gasteiger partial charge on any atom is -0.308 e. The fourth-order valence-electron chi connectivity index (χ4n) is 7.18. The maximum Gasteiger partial charge on any atom is 0.268 e. The van der Waals surface area contributed by atoms with Gasteiger partial charge in [0.25, 0.3) is 11.8 Å². The van der Waals surface area contributed by atoms with Crippen LogP contribution in [0.15, 0.2) is 164 Å². The summed E-state index contributed by atoms with van der Waals surface area (Å²) in [6.45, 7) is 0. The van der Waals surface area contributed by atoms with E-state index in [0.29, 0.717) is 22.5 Å². The number of benzene rings is 6. The first-order valence-corrected chi connectivity index (χ1v) is 15.9. The van der Waals surface area contributed by atoms with Gasteiger partial charge in [0.15, 0.2) is 0 Å². The lowest BCUT2D eigenvalue weighted by Crippen LogP contribution is -2.30. The molecular weight excluding hydrogens is 590 g/mol. The van der Waals surface area contributed by atoms with Crippen LogP contribution in [-0.4, -0.2) is 21.4 Å². The van der Waals surface area contributed by atoms with E-state index < -0.39 is 0 Å². The number of imide groups is 1. The van der Waals surface area contributed by atoms with E-state index in [2.05, 4.69) is 39.9 Å². The van der Waals surface area contributed by atoms with Crippen molar-refractivity contribution in [3.63, 3.8) is 0 Å². The van der Waals surface area contributed by atoms with E-state index in [9.17, 15) is 4.79 Å². The highest BCUT2D eigenvalue weighted by molar-refractivity contribution is 6.37. The Kier molecular flexibility index (Phi) is 6.37. The van der Waals surface area contributed by atoms with Gasteiger partial charge >= 0.3 is 0 Å². The second kappa shape index (κ2) is 11.0. The first kappa shape index (κ1) is 27.7. The zero-order valence-corrected chi connectivity index (χ0v) is 25.7. The number of hydrogen-bond acceptors (Lipinski definition) is 3. The number of carbonyl (C=O) groups is 2. The van der Waals surface area contributed by atoms with Gasteiger partial charge in [0.1, 0.15) is 0 Å². The van der Waals surface area contributed by atoms with Crippen molar-refractivity contribution >= 4 is 39.3 Å². The Bertz CT molecular complexity index is 2480. The molecule has 8 aromatic rings. The second-order valence-corrected chi connectivity index (χ2v) is 11.9. The van der Waals surface area contributed by atoms with Gasteiger partial charge in [-0.05, 0) is 47.0 Å². The van der Waals surface area contributed by atoms with E-state index in [-0.39, 0.29) is 11.8 Å². The Morgan fingerprint density at radius 1 is 0.438 bits per heavy atom. The number of rotatable bonds is 5. The molecule has 0 N–H and O–H groups in total. The topological polar surface area (TPSA) is 55.2 Å². The normalized spacial score (nSPS) is 12.6. The summed E-state index contributed by atoms with van der Waals surface area (Å²) in [5, 5.41) is 2.13. The summed E-state index contributed by atoms with van der Waals surface area (Å²) in [6.07, 6.45) is 3.58. The van der Waals surface area contributed by atoms with Crippen molar-refractivity contribution in [3.05, 3.63) is 175 Å². The molecule has 0 bridgehead atoms. The van der Waals surface area contributed by atoms with E-state index in [1.54, 1.807) is 18.5 Å². The first-order valence-electron chi connectivity index (χ1n) is 15.9. The van der Waals surface area contributed by atoms with Crippen LogP contribution in [0, 0.1) is 0 Å². The highest BCUT2D eigenvalue weighted by Gasteiger charge is 2.41. The van der Waals surface area contributed by atoms with Gasteiger partial charge in [-0.1, -0.05) is 121 Å². The molecule has 226 valence electrons. The van der Waals surface area contributed by atoms with Crippen LogP contribution >= 0.6 is 0 Å². The van der Waals surface area contributed by atoms with Crippen molar-refractivity contribution in [2.24, 2.45) is 0 Å². The summed E-state index contributed by atoms with van der Waals surface area (Å²) < 4.78 is 2.15. The summed E-state index contributed by atoms with van der Waals surface area (Å²) >= 11 is 0. The molecule has 0 radical (unpaired) electrons. The van der Waals surface area contributed by atoms with E-state index in [4.69, 9.17) is 0 Å². The number of para-hydroxylation sites is 3. The molecule has 3 heterocycles. The standard InChI is InChI=1S/C43H27N3O2/c47-42-36-21-11-23-38(45-37-22-8-7-16-34(37)35-20-10-19-33(41(35)45)30-24-26-44-27-25-30)39(36)43(48)46(42)40-31(28-12-3-1-4-13-28)17-9-18-32(40)29-14-5-2-6-15-29/h1-27H. The smallest absolute Gasteiger partial charge is 0.268 e. The zero-order valence-electron chi connectivity index (χ0n) is 25.7. The van der Waals surface area contributed by atoms with Crippen LogP contribution in [0.4, 0.5) is 5.69 Å². The van der Waals surface area contributed by atoms with Gasteiger partial charge in [-0.2, -0.15) is 0 Å². The third-order valence-electron chi connectivity index (χ3n) is 9.25. The van der Waals surface area contributed by atoms with Crippen molar-refractivity contribution in [1.29, 1.82) is 0 Å². The third kappa shape index (κ3) is 4.15. The molecule has 0 spiro atoms. The molecule has 2 aromatic heterocycles. The Labute approximate surface area is 277 Å². The van der Waals surface area contributed by atoms with E-state index >= 15 is 4.79 Å². The quantitative estimate of drug-likeness (QED) is 0.181. The lowest BCUT2D eigenvalue weighted by atomic mass is 9.95. The average molecular weight is 618 g/mol. The van der Waals surface area contributed by atoms with Gasteiger partial charge < -0.3 is 4.57 Å². The fourth-order valence-corrected chi connectivity index (χ4v) is 7.18. The Morgan fingerprint density at radius 2 is 0.979 bits per heavy atom. The summed E-state index contributed by atoms with van der Waals surface area (Å²) in [7, 11) is 0. The van der Waals surface area contributed by atoms with Crippen molar-refractivity contribution in [3.8, 4) is 39.1 Å². The number of fused-ring (bicyclic) bond motifs is 4. The molecule has 1 aliphatic rings. The molecule has 0 aliphatic carbocycles. The molecule has 6 aromatic carbocycles. The zero-order chi connectivity index (χ0) is 32.2. The van der Waals surface area contributed by atoms with Gasteiger partial charge in [-0.3, -0.25) is 14.6 Å². The lowest BCUT2D eigenvalue weighted by molar-refractivity contribution is 0.0926. The number of nitrogens with zero attached hydrogens (tertiary/aromatic N) is 3. The van der Waals surface area contributed by atoms with Gasteiger partial charge in [0, 0.05) is 39.9 Å². The van der Waals surface area contributed by atoms with Gasteiger partial charge in [-0.15, -0.1) is 0 Å². The molecule has 0 saturated carbocycles. The molecule has 9 rings (SSSR count). The predicted octanol–water partition coefficient (Wildman–Crippen LogP) is 9.98. The average Bonchev–Trinajstić information content (AvgIpc) is 3.63. The Morgan fingerprint density at radius 3 is 1.69 bits per heavy atom. The number of amides is 2. The number of aromatic nitrogens is 2. The Balaban J connectivity index is 1.32. The second-order valence-electron chi connectivity index (χ2n) is 11.9. The summed E-state index contributed by atoms with van der Waals surface area (Å²) in [5.74, 6) is -0.689. The molecule has 5 nitrogen and oxygen atoms in total. The minimum absolute atomic E-state index is 0.340. The highest BCUT2D eigenvalue weighted by Crippen LogP contribution is 2.45. The van der Waals surface area contributed by atoms with Crippen molar-refractivity contribution in [2.45, 2.75) is 0 Å². The molecule has 1 aliphatic heterocycles. The van der Waals surface area contributed by atoms with E-state index in [1.165, 1.54) is 4.90 Å². The fraction of sp³-hybridized carbons (Fsp3) is 0. The van der Waals surface area contributed by atoms with Gasteiger partial charge in [0.05, 0.1) is 33.5 Å². The van der Waals surface area contributed by atoms with Crippen molar-refractivity contribution in [2.75, 3.05) is 4.90 Å². The predicted molar refractivity (Wildman–Crippen MR) is 192 cm³/mol. The van der Waals surface area contributed by atoms with Crippen LogP contribution < -0.4 is 4.90 Å². The molecule has 2 amide bonds. The monoisotopic (exact) mass is 617 g/mol. The van der Waals surface area contributed by atoms with E-state index in [1.807, 2.05) is 115 Å². The molecule has 5 heteroatoms. The van der Waals surface area contributed by atoms with Crippen molar-refractivity contribution in [1.82, 2.24) is 9.55 Å². The summed E-state index contributed by atoms with van der Waals surface area (Å²) in [6, 6.07) is 49.9. The number of carbonyl (C=O) groups excluding carboxylic acids is 2. The maximum atomic E-state index is 15.0. The van der Waals surface area contributed by atoms with Crippen molar-refractivity contribution < 1.29 is 9.59 Å². The molecule has 0 fully saturated rings. The van der Waals surface area contributed by atoms with Gasteiger partial charge in [0.2, 0.25) is 0 Å². The highest BCUT2D eigenvalue weighted by atomic mass is 16.2. The van der Waals surface area contributed by atoms with Crippen LogP contribution in [0.5, 0.6) is 0 Å². The number of hydrogen-bond donors (Lipinski definition) is 0. The van der Waals surface area contributed by atoms with Crippen LogP contribution in [0.3, 0.4) is 0 Å². The van der Waals surface area contributed by atoms with Crippen LogP contribution in [0.25, 0.3) is 60.9 Å². The molecule has 0 unspecified atom stereocenters. The SMILES string of the molecule is O=C1c2cccc(-n3c4ccccc4c4cccc(-c5ccncc5)c43)c2C(=O)N1c1c(-c2ccccc2)cccc1-c1ccccc1. The first-order chi connectivity index (χ1) is 23.7. The van der Waals surface area contributed by atoms with Crippen LogP contribution in [0.1, 0.15) is 20.7 Å². The maximum absolute atomic E-state index is 15.0. The van der Waals surface area contributed by atoms with E-state index in [0.717, 1.165) is 55.2 Å². The van der Waals surface area contributed by atoms with Gasteiger partial charge in [-0.25, -0.2) is 4.90 Å².